The highest BCUT2D eigenvalue weighted by molar-refractivity contribution is 5.52. The Labute approximate surface area is 796 Å². The summed E-state index contributed by atoms with van der Waals surface area (Å²) >= 11 is 0. The Balaban J connectivity index is 1.12. The maximum Gasteiger partial charge on any atom is 0.232 e. The summed E-state index contributed by atoms with van der Waals surface area (Å²) in [7, 11) is 0. The van der Waals surface area contributed by atoms with Crippen LogP contribution in [0.1, 0.15) is 430 Å². The van der Waals surface area contributed by atoms with Gasteiger partial charge in [0.15, 0.2) is 0 Å². The third kappa shape index (κ3) is 20.4. The maximum atomic E-state index is 12.6. The van der Waals surface area contributed by atoms with Gasteiger partial charge in [-0.2, -0.15) is 80.5 Å². The highest BCUT2D eigenvalue weighted by atomic mass is 16.5. The van der Waals surface area contributed by atoms with Crippen molar-refractivity contribution < 1.29 is 52.1 Å². The van der Waals surface area contributed by atoms with Gasteiger partial charge >= 0.3 is 0 Å². The average Bonchev–Trinajstić information content (AvgIpc) is 0.718. The monoisotopic (exact) mass is 1860 g/mol. The Morgan fingerprint density at radius 1 is 0.197 bits per heavy atom. The molecule has 0 spiro atoms. The fraction of sp³-hybridized carbons (Fsp3) is 0.941. The van der Waals surface area contributed by atoms with Crippen LogP contribution in [0.4, 0.5) is 29.7 Å². The maximum absolute atomic E-state index is 12.6. The third-order valence-corrected chi connectivity index (χ3v) is 34.3. The average molecular weight is 1860 g/mol. The minimum atomic E-state index is -0.753. The van der Waals surface area contributed by atoms with Crippen molar-refractivity contribution in [2.75, 3.05) is 37.6 Å². The molecular weight excluding hydrogens is 1670 g/mol. The van der Waals surface area contributed by atoms with E-state index in [0.717, 1.165) is 0 Å². The molecule has 0 unspecified atom stereocenters. The van der Waals surface area contributed by atoms with Crippen LogP contribution >= 0.6 is 0 Å². The second-order valence-electron chi connectivity index (χ2n) is 56.6. The van der Waals surface area contributed by atoms with Crippen LogP contribution in [0.2, 0.25) is 0 Å². The van der Waals surface area contributed by atoms with Crippen LogP contribution in [-0.4, -0.2) is 305 Å². The van der Waals surface area contributed by atoms with Gasteiger partial charge in [0.25, 0.3) is 0 Å². The van der Waals surface area contributed by atoms with Gasteiger partial charge < -0.3 is 76.6 Å². The molecule has 2 aromatic heterocycles. The molecule has 0 radical (unpaired) electrons. The molecule has 10 aliphatic heterocycles. The van der Waals surface area contributed by atoms with Crippen LogP contribution < -0.4 is 24.5 Å². The van der Waals surface area contributed by atoms with Crippen molar-refractivity contribution in [1.82, 2.24) is 80.5 Å². The molecule has 0 saturated carbocycles. The smallest absolute Gasteiger partial charge is 0.232 e. The fourth-order valence-electron chi connectivity index (χ4n) is 30.2. The van der Waals surface area contributed by atoms with Crippen molar-refractivity contribution in [2.45, 2.75) is 583 Å². The molecule has 10 saturated heterocycles. The number of aromatic nitrogens is 6. The minimum absolute atomic E-state index is 0.0833. The van der Waals surface area contributed by atoms with E-state index in [-0.39, 0.29) is 66.1 Å². The molecule has 10 fully saturated rings. The lowest BCUT2D eigenvalue weighted by Gasteiger charge is -2.59. The Morgan fingerprint density at radius 2 is 0.326 bits per heavy atom. The number of hydrogen-bond acceptors (Lipinski definition) is 31. The lowest BCUT2D eigenvalue weighted by Crippen LogP contribution is -2.68. The van der Waals surface area contributed by atoms with Crippen LogP contribution in [0, 0.1) is 11.8 Å². The minimum Gasteiger partial charge on any atom is -0.338 e. The van der Waals surface area contributed by atoms with Crippen LogP contribution in [0.25, 0.3) is 0 Å². The number of piperidine rings is 10. The van der Waals surface area contributed by atoms with Gasteiger partial charge in [-0.3, -0.25) is 0 Å². The van der Waals surface area contributed by atoms with Crippen LogP contribution in [-0.2, 0) is 0 Å². The van der Waals surface area contributed by atoms with E-state index in [1.807, 2.05) is 0 Å². The summed E-state index contributed by atoms with van der Waals surface area (Å²) in [6.07, 6.45) is 12.4. The molecule has 31 nitrogen and oxygen atoms in total. The zero-order valence-corrected chi connectivity index (χ0v) is 90.2. The number of nitrogens with zero attached hydrogens (tertiary/aromatic N) is 21. The molecule has 2 aromatic rings. The number of rotatable bonds is 21. The van der Waals surface area contributed by atoms with E-state index in [2.05, 4.69) is 301 Å². The first-order valence-electron chi connectivity index (χ1n) is 50.7. The fourth-order valence-corrected chi connectivity index (χ4v) is 30.2. The van der Waals surface area contributed by atoms with Crippen LogP contribution in [0.5, 0.6) is 0 Å². The Hall–Kier alpha value is -3.78. The zero-order valence-electron chi connectivity index (χ0n) is 90.2. The van der Waals surface area contributed by atoms with Gasteiger partial charge in [-0.05, 0) is 430 Å². The SMILES string of the molecule is CC1(C)CC(C(c2nc(N(CCCCN(c3nc(N(C4CC(C)(C)N(O)C(C)(C)C4)C4CC(C)(C)N(O)C(C)(C)C4)nc(N(C4CC(C)(C)N(O)C(C)(C)C4)C4CC(C)(C)N(O)C(C)(C)C4)n3)C3CC(C)(C)N(O)C(C)(C)C3)C3CC(C)(C)N(O)C(C)(C)C3)nc(N(C3CC(C)(C)N(O)C(C)(C)C3)C3CC(C)(C)N(O)C(C)(C)C3)n2)C2CC(C)(C)N(O)C(C)(C)C2)CC(C)(C)N1O. The molecule has 0 bridgehead atoms. The molecule has 31 heteroatoms. The topological polar surface area (TPSA) is 328 Å². The zero-order chi connectivity index (χ0) is 99.7. The van der Waals surface area contributed by atoms with Gasteiger partial charge in [0.2, 0.25) is 29.7 Å². The molecule has 10 N–H and O–H groups in total. The molecule has 12 heterocycles. The predicted octanol–water partition coefficient (Wildman–Crippen LogP) is 19.3. The molecule has 0 aliphatic carbocycles. The number of unbranched alkanes of at least 4 members (excludes halogenated alkanes) is 1. The van der Waals surface area contributed by atoms with Gasteiger partial charge in [0.1, 0.15) is 5.82 Å². The van der Waals surface area contributed by atoms with Crippen molar-refractivity contribution in [3.63, 3.8) is 0 Å². The first kappa shape index (κ1) is 107. The van der Waals surface area contributed by atoms with Gasteiger partial charge in [-0.15, -0.1) is 0 Å². The molecular formula is C101H189N21O10. The second kappa shape index (κ2) is 34.5. The molecule has 0 amide bonds. The summed E-state index contributed by atoms with van der Waals surface area (Å²) in [4.78, 5) is 49.3. The quantitative estimate of drug-likeness (QED) is 0.0519. The molecule has 0 aromatic carbocycles. The van der Waals surface area contributed by atoms with Gasteiger partial charge in [0.05, 0.1) is 0 Å². The summed E-state index contributed by atoms with van der Waals surface area (Å²) in [5.41, 5.74) is -14.3. The summed E-state index contributed by atoms with van der Waals surface area (Å²) < 4.78 is 0. The van der Waals surface area contributed by atoms with Gasteiger partial charge in [0, 0.05) is 178 Å². The summed E-state index contributed by atoms with van der Waals surface area (Å²) in [6, 6.07) is -1.99. The Morgan fingerprint density at radius 3 is 0.500 bits per heavy atom. The molecule has 10 aliphatic rings. The van der Waals surface area contributed by atoms with Gasteiger partial charge in [-0.25, -0.2) is 0 Å². The van der Waals surface area contributed by atoms with Crippen LogP contribution in [0.15, 0.2) is 0 Å². The molecule has 12 rings (SSSR count). The standard InChI is InChI=1S/C101H189N21O10/c1-82(2)45-65(46-83(3,4)113(82)123)75(66-47-84(5,6)114(124)85(7,8)48-66)76-102-77(104-79(103-76)110(69-53-90(17,18)117(127)91(19,20)54-69)70-55-92(21,22)118(128)93(23,24)56-70)108(67-49-86(9,10)115(125)87(11,12)50-67)43-41-42-44-109(68-51-88(13,14)116(126)89(15,16)52-68)78-105-80(111(71-57-94(25,26)119(129)95(27,28)58-71)72-59-96(29,30)120(130)97(31,32)60-72)107-81(106-78)112(73-61-98(33,34)121(131)99(35,36)62-73)74-63-100(37,38)122(132)101(39,40)64-74/h65-75,123-132H,41-64H2,1-40H3. The predicted molar refractivity (Wildman–Crippen MR) is 521 cm³/mol. The van der Waals surface area contributed by atoms with Crippen molar-refractivity contribution in [2.24, 2.45) is 11.8 Å². The van der Waals surface area contributed by atoms with E-state index >= 15 is 0 Å². The lowest BCUT2D eigenvalue weighted by molar-refractivity contribution is -0.263. The van der Waals surface area contributed by atoms with E-state index in [1.165, 1.54) is 0 Å². The van der Waals surface area contributed by atoms with Gasteiger partial charge in [-0.1, -0.05) is 0 Å². The Kier molecular flexibility index (Phi) is 28.0. The number of hydrogen-bond donors (Lipinski definition) is 10. The molecule has 0 atom stereocenters. The van der Waals surface area contributed by atoms with E-state index in [4.69, 9.17) is 29.9 Å². The Bertz CT molecular complexity index is 3570. The third-order valence-electron chi connectivity index (χ3n) is 34.3. The van der Waals surface area contributed by atoms with Crippen LogP contribution in [0.3, 0.4) is 0 Å². The second-order valence-corrected chi connectivity index (χ2v) is 56.6. The number of anilines is 5. The van der Waals surface area contributed by atoms with E-state index < -0.39 is 111 Å². The highest BCUT2D eigenvalue weighted by Gasteiger charge is 2.62. The van der Waals surface area contributed by atoms with Crippen molar-refractivity contribution in [3.05, 3.63) is 5.82 Å². The van der Waals surface area contributed by atoms with E-state index in [9.17, 15) is 52.1 Å². The normalized spacial score (nSPS) is 29.9. The molecule has 758 valence electrons. The van der Waals surface area contributed by atoms with Crippen molar-refractivity contribution in [1.29, 1.82) is 0 Å². The first-order chi connectivity index (χ1) is 59.3. The number of hydroxylamine groups is 20. The lowest BCUT2D eigenvalue weighted by atomic mass is 9.62. The first-order valence-corrected chi connectivity index (χ1v) is 50.7. The van der Waals surface area contributed by atoms with Crippen molar-refractivity contribution in [3.8, 4) is 0 Å². The van der Waals surface area contributed by atoms with E-state index in [0.29, 0.717) is 190 Å². The highest BCUT2D eigenvalue weighted by Crippen LogP contribution is 2.57. The van der Waals surface area contributed by atoms with E-state index in [1.54, 1.807) is 50.6 Å². The molecule has 132 heavy (non-hydrogen) atoms. The summed E-state index contributed by atoms with van der Waals surface area (Å²) in [5.74, 6) is 2.70. The summed E-state index contributed by atoms with van der Waals surface area (Å²) in [6.45, 7) is 85.9. The summed E-state index contributed by atoms with van der Waals surface area (Å²) in [5, 5.41) is 140. The largest absolute Gasteiger partial charge is 0.338 e. The van der Waals surface area contributed by atoms with Crippen molar-refractivity contribution >= 4 is 29.7 Å².